The van der Waals surface area contributed by atoms with Crippen LogP contribution in [0.25, 0.3) is 0 Å². The van der Waals surface area contributed by atoms with E-state index in [-0.39, 0.29) is 23.4 Å². The van der Waals surface area contributed by atoms with Crippen LogP contribution in [-0.4, -0.2) is 35.5 Å². The summed E-state index contributed by atoms with van der Waals surface area (Å²) in [6.07, 6.45) is 2.79. The minimum Gasteiger partial charge on any atom is -0.343 e. The maximum absolute atomic E-state index is 12.9. The molecule has 1 aliphatic heterocycles. The Morgan fingerprint density at radius 1 is 0.923 bits per heavy atom. The number of aryl methyl sites for hydroxylation is 3. The lowest BCUT2D eigenvalue weighted by molar-refractivity contribution is -0.136. The van der Waals surface area contributed by atoms with Gasteiger partial charge in [-0.1, -0.05) is 17.7 Å². The number of hydrogen-bond acceptors (Lipinski definition) is 3. The zero-order valence-corrected chi connectivity index (χ0v) is 16.3. The average Bonchev–Trinajstić information content (AvgIpc) is 2.56. The van der Waals surface area contributed by atoms with E-state index in [1.807, 2.05) is 25.7 Å². The highest BCUT2D eigenvalue weighted by molar-refractivity contribution is 6.10. The highest BCUT2D eigenvalue weighted by Crippen LogP contribution is 2.39. The number of likely N-dealkylation sites (tertiary alicyclic amines) is 1. The second-order valence-electron chi connectivity index (χ2n) is 8.19. The van der Waals surface area contributed by atoms with Crippen LogP contribution >= 0.6 is 0 Å². The molecule has 1 saturated carbocycles. The van der Waals surface area contributed by atoms with Crippen LogP contribution in [-0.2, 0) is 14.4 Å². The number of amides is 1. The van der Waals surface area contributed by atoms with Crippen LogP contribution in [0.4, 0.5) is 0 Å². The van der Waals surface area contributed by atoms with Crippen molar-refractivity contribution in [2.45, 2.75) is 59.3 Å². The van der Waals surface area contributed by atoms with Gasteiger partial charge >= 0.3 is 0 Å². The Kier molecular flexibility index (Phi) is 5.31. The van der Waals surface area contributed by atoms with Crippen molar-refractivity contribution in [1.29, 1.82) is 0 Å². The number of nitrogens with zero attached hydrogens (tertiary/aromatic N) is 1. The molecule has 0 radical (unpaired) electrons. The molecule has 0 aromatic heterocycles. The molecule has 1 amide bonds. The fourth-order valence-electron chi connectivity index (χ4n) is 4.99. The maximum Gasteiger partial charge on any atom is 0.219 e. The molecule has 26 heavy (non-hydrogen) atoms. The van der Waals surface area contributed by atoms with Gasteiger partial charge in [-0.25, -0.2) is 0 Å². The van der Waals surface area contributed by atoms with Gasteiger partial charge in [-0.15, -0.1) is 0 Å². The first-order chi connectivity index (χ1) is 12.3. The van der Waals surface area contributed by atoms with Crippen molar-refractivity contribution >= 4 is 17.5 Å². The molecule has 0 atom stereocenters. The van der Waals surface area contributed by atoms with Gasteiger partial charge < -0.3 is 4.90 Å². The molecule has 4 heteroatoms. The molecule has 1 aromatic carbocycles. The Morgan fingerprint density at radius 3 is 1.88 bits per heavy atom. The molecule has 1 saturated heterocycles. The van der Waals surface area contributed by atoms with Crippen molar-refractivity contribution in [2.75, 3.05) is 13.1 Å². The number of carbonyl (C=O) groups excluding carboxylic acids is 3. The van der Waals surface area contributed by atoms with Crippen LogP contribution in [0.2, 0.25) is 0 Å². The summed E-state index contributed by atoms with van der Waals surface area (Å²) in [5.74, 6) is 0.213. The number of piperidine rings is 1. The van der Waals surface area contributed by atoms with Gasteiger partial charge in [0.1, 0.15) is 17.5 Å². The lowest BCUT2D eigenvalue weighted by Crippen LogP contribution is -2.42. The number of ketones is 2. The maximum atomic E-state index is 12.9. The summed E-state index contributed by atoms with van der Waals surface area (Å²) in [5, 5.41) is 0. The van der Waals surface area contributed by atoms with E-state index >= 15 is 0 Å². The van der Waals surface area contributed by atoms with E-state index in [4.69, 9.17) is 0 Å². The SMILES string of the molecule is CC(=O)N1CCC(C2CC(=O)C(c3c(C)cc(C)cc3C)C(=O)C2)CC1. The van der Waals surface area contributed by atoms with Crippen molar-refractivity contribution in [3.63, 3.8) is 0 Å². The van der Waals surface area contributed by atoms with Gasteiger partial charge in [-0.2, -0.15) is 0 Å². The molecule has 0 bridgehead atoms. The minimum atomic E-state index is -0.579. The molecule has 1 heterocycles. The minimum absolute atomic E-state index is 0.0790. The molecular weight excluding hydrogens is 326 g/mol. The summed E-state index contributed by atoms with van der Waals surface area (Å²) in [4.78, 5) is 39.2. The van der Waals surface area contributed by atoms with E-state index < -0.39 is 5.92 Å². The molecular formula is C22H29NO3. The predicted molar refractivity (Wildman–Crippen MR) is 101 cm³/mol. The van der Waals surface area contributed by atoms with Gasteiger partial charge in [-0.05, 0) is 62.1 Å². The van der Waals surface area contributed by atoms with Crippen LogP contribution in [0.3, 0.4) is 0 Å². The molecule has 2 aliphatic rings. The normalized spacial score (nSPS) is 24.8. The van der Waals surface area contributed by atoms with Gasteiger partial charge in [0.25, 0.3) is 0 Å². The Hall–Kier alpha value is -1.97. The number of rotatable bonds is 2. The number of Topliss-reactive ketones (excluding diaryl/α,β-unsaturated/α-hetero) is 2. The Balaban J connectivity index is 1.74. The number of benzene rings is 1. The Bertz CT molecular complexity index is 703. The lowest BCUT2D eigenvalue weighted by atomic mass is 9.69. The van der Waals surface area contributed by atoms with Crippen LogP contribution < -0.4 is 0 Å². The van der Waals surface area contributed by atoms with Crippen molar-refractivity contribution < 1.29 is 14.4 Å². The van der Waals surface area contributed by atoms with Crippen LogP contribution in [0, 0.1) is 32.6 Å². The fourth-order valence-corrected chi connectivity index (χ4v) is 4.99. The first kappa shape index (κ1) is 18.8. The van der Waals surface area contributed by atoms with Gasteiger partial charge in [0.05, 0.1) is 0 Å². The largest absolute Gasteiger partial charge is 0.343 e. The molecule has 1 aromatic rings. The standard InChI is InChI=1S/C22H29NO3/c1-13-9-14(2)21(15(3)10-13)22-19(25)11-18(12-20(22)26)17-5-7-23(8-6-17)16(4)24/h9-10,17-18,22H,5-8,11-12H2,1-4H3. The van der Waals surface area contributed by atoms with Crippen molar-refractivity contribution in [1.82, 2.24) is 4.90 Å². The van der Waals surface area contributed by atoms with Gasteiger partial charge in [0.15, 0.2) is 0 Å². The number of carbonyl (C=O) groups is 3. The van der Waals surface area contributed by atoms with E-state index in [1.54, 1.807) is 6.92 Å². The van der Waals surface area contributed by atoms with Gasteiger partial charge in [0.2, 0.25) is 5.91 Å². The third-order valence-electron chi connectivity index (χ3n) is 6.25. The monoisotopic (exact) mass is 355 g/mol. The highest BCUT2D eigenvalue weighted by Gasteiger charge is 2.41. The van der Waals surface area contributed by atoms with Crippen molar-refractivity contribution in [3.8, 4) is 0 Å². The molecule has 4 nitrogen and oxygen atoms in total. The lowest BCUT2D eigenvalue weighted by Gasteiger charge is -2.38. The molecule has 140 valence electrons. The third-order valence-corrected chi connectivity index (χ3v) is 6.25. The van der Waals surface area contributed by atoms with Crippen LogP contribution in [0.1, 0.15) is 60.8 Å². The molecule has 0 N–H and O–H groups in total. The second kappa shape index (κ2) is 7.34. The third kappa shape index (κ3) is 3.60. The Morgan fingerprint density at radius 2 is 1.42 bits per heavy atom. The first-order valence-electron chi connectivity index (χ1n) is 9.66. The summed E-state index contributed by atoms with van der Waals surface area (Å²) < 4.78 is 0. The number of hydrogen-bond donors (Lipinski definition) is 0. The molecule has 3 rings (SSSR count). The average molecular weight is 355 g/mol. The zero-order chi connectivity index (χ0) is 19.0. The summed E-state index contributed by atoms with van der Waals surface area (Å²) in [6, 6.07) is 4.12. The highest BCUT2D eigenvalue weighted by atomic mass is 16.2. The van der Waals surface area contributed by atoms with E-state index in [2.05, 4.69) is 12.1 Å². The fraction of sp³-hybridized carbons (Fsp3) is 0.591. The van der Waals surface area contributed by atoms with E-state index in [1.165, 1.54) is 0 Å². The smallest absolute Gasteiger partial charge is 0.219 e. The summed E-state index contributed by atoms with van der Waals surface area (Å²) in [7, 11) is 0. The van der Waals surface area contributed by atoms with Crippen LogP contribution in [0.5, 0.6) is 0 Å². The summed E-state index contributed by atoms with van der Waals surface area (Å²) in [5.41, 5.74) is 4.18. The van der Waals surface area contributed by atoms with Gasteiger partial charge in [0, 0.05) is 32.9 Å². The molecule has 0 unspecified atom stereocenters. The molecule has 0 spiro atoms. The van der Waals surface area contributed by atoms with E-state index in [9.17, 15) is 14.4 Å². The zero-order valence-electron chi connectivity index (χ0n) is 16.3. The van der Waals surface area contributed by atoms with Crippen LogP contribution in [0.15, 0.2) is 12.1 Å². The van der Waals surface area contributed by atoms with Crippen molar-refractivity contribution in [2.24, 2.45) is 11.8 Å². The second-order valence-corrected chi connectivity index (χ2v) is 8.19. The predicted octanol–water partition coefficient (Wildman–Crippen LogP) is 3.50. The topological polar surface area (TPSA) is 54.5 Å². The molecule has 1 aliphatic carbocycles. The van der Waals surface area contributed by atoms with Crippen molar-refractivity contribution in [3.05, 3.63) is 34.4 Å². The summed E-state index contributed by atoms with van der Waals surface area (Å²) in [6.45, 7) is 9.14. The van der Waals surface area contributed by atoms with E-state index in [0.717, 1.165) is 48.2 Å². The van der Waals surface area contributed by atoms with Gasteiger partial charge in [-0.3, -0.25) is 14.4 Å². The quantitative estimate of drug-likeness (QED) is 0.763. The first-order valence-corrected chi connectivity index (χ1v) is 9.66. The summed E-state index contributed by atoms with van der Waals surface area (Å²) >= 11 is 0. The Labute approximate surface area is 156 Å². The molecule has 2 fully saturated rings. The van der Waals surface area contributed by atoms with E-state index in [0.29, 0.717) is 18.8 Å².